The van der Waals surface area contributed by atoms with Crippen LogP contribution >= 0.6 is 0 Å². The molecule has 0 saturated carbocycles. The molecule has 0 spiro atoms. The van der Waals surface area contributed by atoms with Gasteiger partial charge in [-0.25, -0.2) is 0 Å². The van der Waals surface area contributed by atoms with Crippen LogP contribution in [0.5, 0.6) is 0 Å². The van der Waals surface area contributed by atoms with E-state index < -0.39 is 30.5 Å². The molecule has 5 heteroatoms. The molecule has 0 bridgehead atoms. The monoisotopic (exact) mass is 194 g/mol. The summed E-state index contributed by atoms with van der Waals surface area (Å²) in [6, 6.07) is 0. The van der Waals surface area contributed by atoms with Crippen LogP contribution in [0.15, 0.2) is 0 Å². The molecule has 5 atom stereocenters. The lowest BCUT2D eigenvalue weighted by Crippen LogP contribution is -2.48. The van der Waals surface area contributed by atoms with E-state index in [1.54, 1.807) is 6.92 Å². The zero-order valence-electron chi connectivity index (χ0n) is 7.83. The molecule has 0 radical (unpaired) electrons. The first kappa shape index (κ1) is 12.8. The van der Waals surface area contributed by atoms with Gasteiger partial charge in [-0.05, 0) is 13.3 Å². The highest BCUT2D eigenvalue weighted by atomic mass is 16.4. The predicted molar refractivity (Wildman–Crippen MR) is 46.0 cm³/mol. The van der Waals surface area contributed by atoms with Crippen molar-refractivity contribution in [1.29, 1.82) is 0 Å². The molecular formula is C8H18O5. The van der Waals surface area contributed by atoms with E-state index in [0.29, 0.717) is 0 Å². The molecule has 0 aromatic rings. The van der Waals surface area contributed by atoms with E-state index in [1.807, 2.05) is 0 Å². The zero-order valence-corrected chi connectivity index (χ0v) is 7.83. The van der Waals surface area contributed by atoms with E-state index in [-0.39, 0.29) is 6.42 Å². The number of hydrogen-bond donors (Lipinski definition) is 5. The second-order valence-electron chi connectivity index (χ2n) is 3.19. The average molecular weight is 194 g/mol. The SMILES string of the molecule is CCC(O)C(O)C(O)C(O)C(C)O. The third kappa shape index (κ3) is 3.58. The molecular weight excluding hydrogens is 176 g/mol. The summed E-state index contributed by atoms with van der Waals surface area (Å²) in [6.45, 7) is 2.92. The molecule has 0 saturated heterocycles. The third-order valence-electron chi connectivity index (χ3n) is 2.01. The summed E-state index contributed by atoms with van der Waals surface area (Å²) < 4.78 is 0. The van der Waals surface area contributed by atoms with Crippen molar-refractivity contribution < 1.29 is 25.5 Å². The molecule has 0 rings (SSSR count). The Labute approximate surface area is 77.3 Å². The lowest BCUT2D eigenvalue weighted by atomic mass is 9.99. The maximum atomic E-state index is 9.24. The minimum atomic E-state index is -1.53. The Kier molecular flexibility index (Phi) is 5.43. The van der Waals surface area contributed by atoms with Gasteiger partial charge in [0.1, 0.15) is 18.3 Å². The second-order valence-corrected chi connectivity index (χ2v) is 3.19. The standard InChI is InChI=1S/C8H18O5/c1-3-5(10)7(12)8(13)6(11)4(2)9/h4-13H,3H2,1-2H3. The van der Waals surface area contributed by atoms with E-state index in [1.165, 1.54) is 6.92 Å². The molecule has 0 aliphatic heterocycles. The van der Waals surface area contributed by atoms with Gasteiger partial charge in [0.25, 0.3) is 0 Å². The molecule has 5 unspecified atom stereocenters. The van der Waals surface area contributed by atoms with E-state index in [4.69, 9.17) is 15.3 Å². The smallest absolute Gasteiger partial charge is 0.111 e. The van der Waals surface area contributed by atoms with E-state index in [2.05, 4.69) is 0 Å². The third-order valence-corrected chi connectivity index (χ3v) is 2.01. The van der Waals surface area contributed by atoms with Gasteiger partial charge in [-0.1, -0.05) is 6.92 Å². The summed E-state index contributed by atoms with van der Waals surface area (Å²) in [6.07, 6.45) is -6.39. The topological polar surface area (TPSA) is 101 Å². The highest BCUT2D eigenvalue weighted by Crippen LogP contribution is 2.09. The van der Waals surface area contributed by atoms with E-state index in [9.17, 15) is 10.2 Å². The number of aliphatic hydroxyl groups is 5. The van der Waals surface area contributed by atoms with Gasteiger partial charge in [-0.15, -0.1) is 0 Å². The Morgan fingerprint density at radius 3 is 1.62 bits per heavy atom. The van der Waals surface area contributed by atoms with Gasteiger partial charge < -0.3 is 25.5 Å². The molecule has 13 heavy (non-hydrogen) atoms. The Morgan fingerprint density at radius 2 is 1.31 bits per heavy atom. The molecule has 0 aliphatic carbocycles. The molecule has 0 fully saturated rings. The quantitative estimate of drug-likeness (QED) is 0.356. The van der Waals surface area contributed by atoms with Crippen LogP contribution in [-0.4, -0.2) is 56.1 Å². The lowest BCUT2D eigenvalue weighted by Gasteiger charge is -2.27. The van der Waals surface area contributed by atoms with Crippen LogP contribution in [0.4, 0.5) is 0 Å². The van der Waals surface area contributed by atoms with E-state index >= 15 is 0 Å². The summed E-state index contributed by atoms with van der Waals surface area (Å²) in [5.74, 6) is 0. The van der Waals surface area contributed by atoms with Gasteiger partial charge in [-0.3, -0.25) is 0 Å². The molecule has 0 heterocycles. The van der Waals surface area contributed by atoms with Gasteiger partial charge in [0.2, 0.25) is 0 Å². The summed E-state index contributed by atoms with van der Waals surface area (Å²) in [5.41, 5.74) is 0. The average Bonchev–Trinajstić information content (AvgIpc) is 2.12. The normalized spacial score (nSPS) is 23.3. The van der Waals surface area contributed by atoms with Gasteiger partial charge in [0.15, 0.2) is 0 Å². The predicted octanol–water partition coefficient (Wildman–Crippen LogP) is -1.78. The molecule has 0 amide bonds. The van der Waals surface area contributed by atoms with Gasteiger partial charge in [0, 0.05) is 0 Å². The maximum Gasteiger partial charge on any atom is 0.111 e. The number of aliphatic hydroxyl groups excluding tert-OH is 5. The van der Waals surface area contributed by atoms with Crippen molar-refractivity contribution in [3.63, 3.8) is 0 Å². The first-order valence-corrected chi connectivity index (χ1v) is 4.32. The van der Waals surface area contributed by atoms with Crippen molar-refractivity contribution in [2.75, 3.05) is 0 Å². The minimum absolute atomic E-state index is 0.269. The fourth-order valence-corrected chi connectivity index (χ4v) is 0.956. The number of rotatable bonds is 5. The highest BCUT2D eigenvalue weighted by Gasteiger charge is 2.31. The Hall–Kier alpha value is -0.200. The maximum absolute atomic E-state index is 9.24. The summed E-state index contributed by atoms with van der Waals surface area (Å²) in [4.78, 5) is 0. The van der Waals surface area contributed by atoms with Crippen LogP contribution < -0.4 is 0 Å². The first-order valence-electron chi connectivity index (χ1n) is 4.32. The van der Waals surface area contributed by atoms with Crippen molar-refractivity contribution in [1.82, 2.24) is 0 Å². The Bertz CT molecular complexity index is 138. The van der Waals surface area contributed by atoms with E-state index in [0.717, 1.165) is 0 Å². The molecule has 0 aromatic carbocycles. The summed E-state index contributed by atoms with van der Waals surface area (Å²) in [5, 5.41) is 45.6. The Morgan fingerprint density at radius 1 is 0.846 bits per heavy atom. The van der Waals surface area contributed by atoms with Crippen molar-refractivity contribution in [2.24, 2.45) is 0 Å². The van der Waals surface area contributed by atoms with Crippen LogP contribution in [-0.2, 0) is 0 Å². The molecule has 0 aromatic heterocycles. The highest BCUT2D eigenvalue weighted by molar-refractivity contribution is 4.82. The van der Waals surface area contributed by atoms with Crippen molar-refractivity contribution in [3.8, 4) is 0 Å². The molecule has 5 nitrogen and oxygen atoms in total. The summed E-state index contributed by atoms with van der Waals surface area (Å²) in [7, 11) is 0. The fraction of sp³-hybridized carbons (Fsp3) is 1.00. The van der Waals surface area contributed by atoms with Crippen molar-refractivity contribution in [3.05, 3.63) is 0 Å². The lowest BCUT2D eigenvalue weighted by molar-refractivity contribution is -0.130. The van der Waals surface area contributed by atoms with Crippen LogP contribution in [0.1, 0.15) is 20.3 Å². The van der Waals surface area contributed by atoms with Crippen molar-refractivity contribution in [2.45, 2.75) is 50.8 Å². The summed E-state index contributed by atoms with van der Waals surface area (Å²) >= 11 is 0. The zero-order chi connectivity index (χ0) is 10.6. The largest absolute Gasteiger partial charge is 0.391 e. The molecule has 5 N–H and O–H groups in total. The van der Waals surface area contributed by atoms with Crippen LogP contribution in [0.3, 0.4) is 0 Å². The van der Waals surface area contributed by atoms with Gasteiger partial charge in [-0.2, -0.15) is 0 Å². The van der Waals surface area contributed by atoms with Crippen LogP contribution in [0.25, 0.3) is 0 Å². The van der Waals surface area contributed by atoms with Crippen LogP contribution in [0, 0.1) is 0 Å². The first-order chi connectivity index (χ1) is 5.91. The Balaban J connectivity index is 4.15. The minimum Gasteiger partial charge on any atom is -0.391 e. The van der Waals surface area contributed by atoms with Crippen molar-refractivity contribution >= 4 is 0 Å². The van der Waals surface area contributed by atoms with Crippen LogP contribution in [0.2, 0.25) is 0 Å². The van der Waals surface area contributed by atoms with Gasteiger partial charge >= 0.3 is 0 Å². The number of hydrogen-bond acceptors (Lipinski definition) is 5. The fourth-order valence-electron chi connectivity index (χ4n) is 0.956. The molecule has 0 aliphatic rings. The molecule has 80 valence electrons. The second kappa shape index (κ2) is 5.51. The van der Waals surface area contributed by atoms with Gasteiger partial charge in [0.05, 0.1) is 12.2 Å².